The van der Waals surface area contributed by atoms with E-state index in [4.69, 9.17) is 0 Å². The average Bonchev–Trinajstić information content (AvgIpc) is 2.40. The number of ketones is 1. The molecule has 0 bridgehead atoms. The highest BCUT2D eigenvalue weighted by Crippen LogP contribution is 2.10. The van der Waals surface area contributed by atoms with Crippen LogP contribution in [0.25, 0.3) is 0 Å². The Kier molecular flexibility index (Phi) is 1.21. The van der Waals surface area contributed by atoms with Crippen molar-refractivity contribution < 1.29 is 4.79 Å². The van der Waals surface area contributed by atoms with Crippen LogP contribution in [0.4, 0.5) is 5.82 Å². The van der Waals surface area contributed by atoms with Crippen LogP contribution in [0.15, 0.2) is 11.3 Å². The number of carbonyl (C=O) groups excluding carboxylic acids is 1. The van der Waals surface area contributed by atoms with Crippen molar-refractivity contribution in [2.45, 2.75) is 0 Å². The molecule has 0 aliphatic carbocycles. The lowest BCUT2D eigenvalue weighted by atomic mass is 10.3. The molecule has 0 aromatic carbocycles. The van der Waals surface area contributed by atoms with Crippen LogP contribution in [0.5, 0.6) is 0 Å². The highest BCUT2D eigenvalue weighted by Gasteiger charge is 2.14. The first-order valence-corrected chi connectivity index (χ1v) is 3.19. The summed E-state index contributed by atoms with van der Waals surface area (Å²) in [5.41, 5.74) is 0.502. The van der Waals surface area contributed by atoms with Crippen molar-refractivity contribution in [3.8, 4) is 0 Å². The maximum absolute atomic E-state index is 11.1. The predicted molar refractivity (Wildman–Crippen MR) is 39.9 cm³/mol. The maximum atomic E-state index is 11.1. The van der Waals surface area contributed by atoms with E-state index in [1.54, 1.807) is 0 Å². The van der Waals surface area contributed by atoms with E-state index < -0.39 is 0 Å². The van der Waals surface area contributed by atoms with Crippen LogP contribution in [0.3, 0.4) is 0 Å². The summed E-state index contributed by atoms with van der Waals surface area (Å²) in [7, 11) is 0. The number of aromatic nitrogens is 2. The normalized spacial score (nSPS) is 15.5. The molecule has 0 saturated heterocycles. The lowest BCUT2D eigenvalue weighted by Crippen LogP contribution is -2.03. The average molecular weight is 150 g/mol. The first kappa shape index (κ1) is 6.09. The van der Waals surface area contributed by atoms with Crippen molar-refractivity contribution in [3.63, 3.8) is 0 Å². The molecule has 0 saturated carbocycles. The molecule has 11 heavy (non-hydrogen) atoms. The minimum atomic E-state index is -0.0428. The van der Waals surface area contributed by atoms with E-state index in [2.05, 4.69) is 20.3 Å². The summed E-state index contributed by atoms with van der Waals surface area (Å²) in [5.74, 6) is 0.509. The lowest BCUT2D eigenvalue weighted by Gasteiger charge is -1.92. The minimum Gasteiger partial charge on any atom is -0.340 e. The number of Topliss-reactive ketones (excluding diaryl/α,β-unsaturated/α-hetero) is 1. The largest absolute Gasteiger partial charge is 0.340 e. The second-order valence-corrected chi connectivity index (χ2v) is 2.16. The Morgan fingerprint density at radius 3 is 3.36 bits per heavy atom. The SMILES string of the molecule is O=C1CN=CNc2nc[nH]c21. The van der Waals surface area contributed by atoms with Crippen molar-refractivity contribution in [2.24, 2.45) is 4.99 Å². The molecule has 0 spiro atoms. The van der Waals surface area contributed by atoms with E-state index >= 15 is 0 Å². The number of hydrogen-bond acceptors (Lipinski definition) is 4. The van der Waals surface area contributed by atoms with Gasteiger partial charge in [-0.15, -0.1) is 0 Å². The summed E-state index contributed by atoms with van der Waals surface area (Å²) in [6.07, 6.45) is 2.96. The Bertz CT molecular complexity index is 314. The first-order chi connectivity index (χ1) is 5.38. The maximum Gasteiger partial charge on any atom is 0.204 e. The number of H-pyrrole nitrogens is 1. The number of anilines is 1. The number of aromatic amines is 1. The zero-order chi connectivity index (χ0) is 7.68. The van der Waals surface area contributed by atoms with Gasteiger partial charge in [0.1, 0.15) is 12.2 Å². The van der Waals surface area contributed by atoms with Gasteiger partial charge in [0.05, 0.1) is 12.7 Å². The molecule has 56 valence electrons. The molecule has 0 unspecified atom stereocenters. The summed E-state index contributed by atoms with van der Waals surface area (Å²) in [5, 5.41) is 2.78. The smallest absolute Gasteiger partial charge is 0.204 e. The van der Waals surface area contributed by atoms with Crippen molar-refractivity contribution in [1.29, 1.82) is 0 Å². The van der Waals surface area contributed by atoms with Crippen LogP contribution in [0.1, 0.15) is 10.5 Å². The van der Waals surface area contributed by atoms with Crippen LogP contribution < -0.4 is 5.32 Å². The van der Waals surface area contributed by atoms with Crippen LogP contribution in [-0.4, -0.2) is 28.6 Å². The summed E-state index contributed by atoms with van der Waals surface area (Å²) in [6, 6.07) is 0. The van der Waals surface area contributed by atoms with E-state index in [0.29, 0.717) is 11.5 Å². The topological polar surface area (TPSA) is 70.1 Å². The molecule has 5 nitrogen and oxygen atoms in total. The van der Waals surface area contributed by atoms with Crippen LogP contribution in [0.2, 0.25) is 0 Å². The van der Waals surface area contributed by atoms with Crippen LogP contribution in [0, 0.1) is 0 Å². The fourth-order valence-corrected chi connectivity index (χ4v) is 0.931. The number of fused-ring (bicyclic) bond motifs is 1. The molecular weight excluding hydrogens is 144 g/mol. The Labute approximate surface area is 62.6 Å². The van der Waals surface area contributed by atoms with E-state index in [0.717, 1.165) is 0 Å². The number of aliphatic imine (C=N–C) groups is 1. The Morgan fingerprint density at radius 1 is 1.55 bits per heavy atom. The van der Waals surface area contributed by atoms with Gasteiger partial charge in [0.25, 0.3) is 0 Å². The molecule has 0 fully saturated rings. The zero-order valence-corrected chi connectivity index (χ0v) is 5.66. The molecule has 1 aromatic rings. The summed E-state index contributed by atoms with van der Waals surface area (Å²) >= 11 is 0. The van der Waals surface area contributed by atoms with Crippen molar-refractivity contribution >= 4 is 17.9 Å². The van der Waals surface area contributed by atoms with Crippen molar-refractivity contribution in [3.05, 3.63) is 12.0 Å². The number of rotatable bonds is 0. The van der Waals surface area contributed by atoms with Gasteiger partial charge in [-0.25, -0.2) is 4.98 Å². The molecule has 2 heterocycles. The number of hydrogen-bond donors (Lipinski definition) is 2. The summed E-state index contributed by atoms with van der Waals surface area (Å²) < 4.78 is 0. The number of carbonyl (C=O) groups is 1. The van der Waals surface area contributed by atoms with Crippen LogP contribution >= 0.6 is 0 Å². The van der Waals surface area contributed by atoms with E-state index in [1.165, 1.54) is 12.7 Å². The fourth-order valence-electron chi connectivity index (χ4n) is 0.931. The Morgan fingerprint density at radius 2 is 2.45 bits per heavy atom. The van der Waals surface area contributed by atoms with E-state index in [-0.39, 0.29) is 12.3 Å². The third-order valence-corrected chi connectivity index (χ3v) is 1.45. The number of nitrogens with one attached hydrogen (secondary N) is 2. The van der Waals surface area contributed by atoms with Gasteiger partial charge < -0.3 is 10.3 Å². The van der Waals surface area contributed by atoms with E-state index in [9.17, 15) is 4.79 Å². The second kappa shape index (κ2) is 2.19. The standard InChI is InChI=1S/C6H6N4O/c11-4-1-7-2-9-6-5(4)8-3-10-6/h2-3H,1H2,(H,7,9)(H,8,10). The summed E-state index contributed by atoms with van der Waals surface area (Å²) in [4.78, 5) is 21.6. The van der Waals surface area contributed by atoms with Gasteiger partial charge in [0.15, 0.2) is 5.82 Å². The van der Waals surface area contributed by atoms with Gasteiger partial charge in [-0.1, -0.05) is 0 Å². The zero-order valence-electron chi connectivity index (χ0n) is 5.66. The molecule has 1 aliphatic rings. The summed E-state index contributed by atoms with van der Waals surface area (Å²) in [6.45, 7) is 0.183. The van der Waals surface area contributed by atoms with Gasteiger partial charge in [-0.2, -0.15) is 0 Å². The van der Waals surface area contributed by atoms with Crippen molar-refractivity contribution in [1.82, 2.24) is 9.97 Å². The monoisotopic (exact) mass is 150 g/mol. The molecular formula is C6H6N4O. The second-order valence-electron chi connectivity index (χ2n) is 2.16. The van der Waals surface area contributed by atoms with Crippen LogP contribution in [-0.2, 0) is 0 Å². The fraction of sp³-hybridized carbons (Fsp3) is 0.167. The van der Waals surface area contributed by atoms with Gasteiger partial charge in [-0.05, 0) is 0 Å². The Hall–Kier alpha value is -1.65. The number of imidazole rings is 1. The Balaban J connectivity index is 2.49. The van der Waals surface area contributed by atoms with Gasteiger partial charge >= 0.3 is 0 Å². The minimum absolute atomic E-state index is 0.0428. The molecule has 0 radical (unpaired) electrons. The molecule has 2 N–H and O–H groups in total. The number of nitrogens with zero attached hydrogens (tertiary/aromatic N) is 2. The molecule has 0 atom stereocenters. The molecule has 0 amide bonds. The lowest BCUT2D eigenvalue weighted by molar-refractivity contribution is 0.0999. The van der Waals surface area contributed by atoms with E-state index in [1.807, 2.05) is 0 Å². The highest BCUT2D eigenvalue weighted by atomic mass is 16.1. The van der Waals surface area contributed by atoms with Gasteiger partial charge in [0, 0.05) is 0 Å². The first-order valence-electron chi connectivity index (χ1n) is 3.19. The third-order valence-electron chi connectivity index (χ3n) is 1.45. The van der Waals surface area contributed by atoms with Crippen molar-refractivity contribution in [2.75, 3.05) is 11.9 Å². The highest BCUT2D eigenvalue weighted by molar-refractivity contribution is 6.03. The predicted octanol–water partition coefficient (Wildman–Crippen LogP) is 0.0462. The molecule has 5 heteroatoms. The van der Waals surface area contributed by atoms with Gasteiger partial charge in [0.2, 0.25) is 5.78 Å². The molecule has 1 aromatic heterocycles. The third kappa shape index (κ3) is 0.899. The molecule has 1 aliphatic heterocycles. The van der Waals surface area contributed by atoms with Gasteiger partial charge in [-0.3, -0.25) is 9.79 Å². The quantitative estimate of drug-likeness (QED) is 0.548. The molecule has 2 rings (SSSR count).